The number of carbonyl (C=O) groups excluding carboxylic acids is 1. The summed E-state index contributed by atoms with van der Waals surface area (Å²) in [5.74, 6) is 0.218. The molecule has 0 aromatic heterocycles. The Balaban J connectivity index is 1.75. The van der Waals surface area contributed by atoms with Crippen molar-refractivity contribution in [1.82, 2.24) is 5.32 Å². The fourth-order valence-corrected chi connectivity index (χ4v) is 4.55. The van der Waals surface area contributed by atoms with Gasteiger partial charge in [0.25, 0.3) is 0 Å². The number of sulfone groups is 1. The molecule has 2 rings (SSSR count). The van der Waals surface area contributed by atoms with Crippen LogP contribution in [0.1, 0.15) is 51.0 Å². The van der Waals surface area contributed by atoms with Crippen LogP contribution in [0.25, 0.3) is 0 Å². The van der Waals surface area contributed by atoms with Gasteiger partial charge in [-0.3, -0.25) is 4.79 Å². The highest BCUT2D eigenvalue weighted by Crippen LogP contribution is 2.22. The summed E-state index contributed by atoms with van der Waals surface area (Å²) >= 11 is 0. The number of nitrogens with one attached hydrogen (secondary N) is 1. The second-order valence-corrected chi connectivity index (χ2v) is 9.29. The highest BCUT2D eigenvalue weighted by Gasteiger charge is 2.28. The monoisotopic (exact) mass is 351 g/mol. The van der Waals surface area contributed by atoms with Crippen molar-refractivity contribution in [3.05, 3.63) is 35.9 Å². The lowest BCUT2D eigenvalue weighted by Gasteiger charge is -2.22. The third kappa shape index (κ3) is 5.93. The van der Waals surface area contributed by atoms with E-state index in [1.165, 1.54) is 26.2 Å². The predicted molar refractivity (Wildman–Crippen MR) is 97.6 cm³/mol. The summed E-state index contributed by atoms with van der Waals surface area (Å²) in [7, 11) is -3.39. The van der Waals surface area contributed by atoms with Crippen molar-refractivity contribution in [3.8, 4) is 0 Å². The first-order valence-electron chi connectivity index (χ1n) is 9.02. The summed E-state index contributed by atoms with van der Waals surface area (Å²) in [5.41, 5.74) is 1.13. The molecule has 1 aliphatic carbocycles. The van der Waals surface area contributed by atoms with Crippen LogP contribution in [0.15, 0.2) is 30.3 Å². The van der Waals surface area contributed by atoms with Crippen molar-refractivity contribution < 1.29 is 13.2 Å². The minimum Gasteiger partial charge on any atom is -0.355 e. The third-order valence-corrected chi connectivity index (χ3v) is 7.08. The second kappa shape index (κ2) is 9.21. The molecule has 0 heterocycles. The quantitative estimate of drug-likeness (QED) is 0.783. The van der Waals surface area contributed by atoms with Crippen LogP contribution in [-0.2, 0) is 21.1 Å². The summed E-state index contributed by atoms with van der Waals surface area (Å²) in [6, 6.07) is 9.83. The van der Waals surface area contributed by atoms with E-state index >= 15 is 0 Å². The van der Waals surface area contributed by atoms with Crippen molar-refractivity contribution in [3.63, 3.8) is 0 Å². The van der Waals surface area contributed by atoms with Crippen LogP contribution in [-0.4, -0.2) is 31.9 Å². The SMILES string of the molecule is C[C@H](C(=O)NCC1CCCCC1)S(=O)(=O)CCCc1ccccc1. The number of carbonyl (C=O) groups is 1. The topological polar surface area (TPSA) is 63.2 Å². The van der Waals surface area contributed by atoms with E-state index in [1.54, 1.807) is 0 Å². The minimum atomic E-state index is -3.39. The molecule has 1 fully saturated rings. The van der Waals surface area contributed by atoms with Crippen LogP contribution in [0, 0.1) is 5.92 Å². The Labute approximate surface area is 146 Å². The molecule has 134 valence electrons. The average molecular weight is 352 g/mol. The highest BCUT2D eigenvalue weighted by molar-refractivity contribution is 7.92. The third-order valence-electron chi connectivity index (χ3n) is 4.93. The first-order chi connectivity index (χ1) is 11.5. The van der Waals surface area contributed by atoms with Gasteiger partial charge in [-0.25, -0.2) is 8.42 Å². The molecule has 1 N–H and O–H groups in total. The molecular weight excluding hydrogens is 322 g/mol. The van der Waals surface area contributed by atoms with Crippen LogP contribution in [0.2, 0.25) is 0 Å². The molecule has 0 bridgehead atoms. The predicted octanol–water partition coefficient (Wildman–Crippen LogP) is 3.12. The number of hydrogen-bond acceptors (Lipinski definition) is 3. The number of amides is 1. The van der Waals surface area contributed by atoms with Crippen LogP contribution in [0.4, 0.5) is 0 Å². The van der Waals surface area contributed by atoms with Crippen LogP contribution < -0.4 is 5.32 Å². The molecule has 1 aromatic rings. The van der Waals surface area contributed by atoms with E-state index in [-0.39, 0.29) is 11.7 Å². The Morgan fingerprint density at radius 3 is 2.50 bits per heavy atom. The van der Waals surface area contributed by atoms with Crippen molar-refractivity contribution >= 4 is 15.7 Å². The zero-order valence-electron chi connectivity index (χ0n) is 14.5. The first kappa shape index (κ1) is 19.0. The molecule has 5 heteroatoms. The van der Waals surface area contributed by atoms with Gasteiger partial charge in [-0.15, -0.1) is 0 Å². The van der Waals surface area contributed by atoms with Crippen LogP contribution in [0.5, 0.6) is 0 Å². The van der Waals surface area contributed by atoms with E-state index in [0.717, 1.165) is 24.8 Å². The van der Waals surface area contributed by atoms with Crippen molar-refractivity contribution in [2.45, 2.75) is 57.1 Å². The molecule has 1 atom stereocenters. The fourth-order valence-electron chi connectivity index (χ4n) is 3.24. The van der Waals surface area contributed by atoms with E-state index in [0.29, 0.717) is 18.9 Å². The molecule has 1 saturated carbocycles. The molecule has 4 nitrogen and oxygen atoms in total. The van der Waals surface area contributed by atoms with Crippen molar-refractivity contribution in [1.29, 1.82) is 0 Å². The number of rotatable bonds is 8. The van der Waals surface area contributed by atoms with E-state index in [2.05, 4.69) is 5.32 Å². The summed E-state index contributed by atoms with van der Waals surface area (Å²) in [5, 5.41) is 1.89. The number of hydrogen-bond donors (Lipinski definition) is 1. The van der Waals surface area contributed by atoms with Gasteiger partial charge in [-0.2, -0.15) is 0 Å². The maximum absolute atomic E-state index is 12.4. The summed E-state index contributed by atoms with van der Waals surface area (Å²) in [6.07, 6.45) is 7.25. The zero-order chi connectivity index (χ0) is 17.4. The van der Waals surface area contributed by atoms with Gasteiger partial charge in [0.2, 0.25) is 5.91 Å². The van der Waals surface area contributed by atoms with Crippen molar-refractivity contribution in [2.75, 3.05) is 12.3 Å². The maximum Gasteiger partial charge on any atom is 0.238 e. The number of benzene rings is 1. The molecule has 1 aliphatic rings. The molecular formula is C19H29NO3S. The average Bonchev–Trinajstić information content (AvgIpc) is 2.60. The van der Waals surface area contributed by atoms with E-state index in [9.17, 15) is 13.2 Å². The molecule has 24 heavy (non-hydrogen) atoms. The van der Waals surface area contributed by atoms with Gasteiger partial charge < -0.3 is 5.32 Å². The lowest BCUT2D eigenvalue weighted by Crippen LogP contribution is -2.41. The molecule has 1 amide bonds. The van der Waals surface area contributed by atoms with E-state index in [1.807, 2.05) is 30.3 Å². The Bertz CT molecular complexity index is 607. The van der Waals surface area contributed by atoms with Gasteiger partial charge in [0.05, 0.1) is 5.75 Å². The van der Waals surface area contributed by atoms with Gasteiger partial charge in [0.15, 0.2) is 9.84 Å². The first-order valence-corrected chi connectivity index (χ1v) is 10.7. The van der Waals surface area contributed by atoms with Gasteiger partial charge >= 0.3 is 0 Å². The minimum absolute atomic E-state index is 0.0555. The molecule has 0 aliphatic heterocycles. The molecule has 0 saturated heterocycles. The van der Waals surface area contributed by atoms with Gasteiger partial charge in [0, 0.05) is 6.54 Å². The lowest BCUT2D eigenvalue weighted by atomic mass is 9.89. The van der Waals surface area contributed by atoms with E-state index in [4.69, 9.17) is 0 Å². The Kier molecular flexibility index (Phi) is 7.28. The summed E-state index contributed by atoms with van der Waals surface area (Å²) in [4.78, 5) is 12.2. The Morgan fingerprint density at radius 1 is 1.17 bits per heavy atom. The van der Waals surface area contributed by atoms with Crippen molar-refractivity contribution in [2.24, 2.45) is 5.92 Å². The highest BCUT2D eigenvalue weighted by atomic mass is 32.2. The summed E-state index contributed by atoms with van der Waals surface area (Å²) in [6.45, 7) is 2.12. The van der Waals surface area contributed by atoms with Crippen LogP contribution >= 0.6 is 0 Å². The normalized spacial score (nSPS) is 17.4. The molecule has 1 aromatic carbocycles. The van der Waals surface area contributed by atoms with Gasteiger partial charge in [0.1, 0.15) is 5.25 Å². The van der Waals surface area contributed by atoms with E-state index < -0.39 is 15.1 Å². The Hall–Kier alpha value is -1.36. The molecule has 0 spiro atoms. The van der Waals surface area contributed by atoms with Gasteiger partial charge in [-0.05, 0) is 44.1 Å². The number of aryl methyl sites for hydroxylation is 1. The fraction of sp³-hybridized carbons (Fsp3) is 0.632. The lowest BCUT2D eigenvalue weighted by molar-refractivity contribution is -0.120. The molecule has 0 radical (unpaired) electrons. The molecule has 0 unspecified atom stereocenters. The maximum atomic E-state index is 12.4. The second-order valence-electron chi connectivity index (χ2n) is 6.85. The van der Waals surface area contributed by atoms with Gasteiger partial charge in [-0.1, -0.05) is 49.6 Å². The van der Waals surface area contributed by atoms with Crippen LogP contribution in [0.3, 0.4) is 0 Å². The summed E-state index contributed by atoms with van der Waals surface area (Å²) < 4.78 is 24.7. The smallest absolute Gasteiger partial charge is 0.238 e. The standard InChI is InChI=1S/C19H29NO3S/c1-16(19(21)20-15-18-11-6-3-7-12-18)24(22,23)14-8-13-17-9-4-2-5-10-17/h2,4-5,9-10,16,18H,3,6-8,11-15H2,1H3,(H,20,21)/t16-/m1/s1. The Morgan fingerprint density at radius 2 is 1.83 bits per heavy atom. The largest absolute Gasteiger partial charge is 0.355 e. The zero-order valence-corrected chi connectivity index (χ0v) is 15.4.